The molecule has 0 spiro atoms. The molecule has 1 atom stereocenters. The lowest BCUT2D eigenvalue weighted by Gasteiger charge is -2.19. The standard InChI is InChI=1S/C16H18F2N2O/c1-11-2-6-13(7-3-11)20-15(10-19)12-4-8-14(9-5-12)21-16(17)18/h2-9,15-16,20H,10,19H2,1H3. The van der Waals surface area contributed by atoms with Crippen molar-refractivity contribution in [2.45, 2.75) is 19.6 Å². The zero-order valence-corrected chi connectivity index (χ0v) is 11.7. The number of hydrogen-bond acceptors (Lipinski definition) is 3. The lowest BCUT2D eigenvalue weighted by Crippen LogP contribution is -2.20. The van der Waals surface area contributed by atoms with Gasteiger partial charge in [-0.3, -0.25) is 0 Å². The number of nitrogens with one attached hydrogen (secondary N) is 1. The summed E-state index contributed by atoms with van der Waals surface area (Å²) in [6.07, 6.45) is 0. The number of hydrogen-bond donors (Lipinski definition) is 2. The molecular formula is C16H18F2N2O. The van der Waals surface area contributed by atoms with E-state index in [0.29, 0.717) is 6.54 Å². The second kappa shape index (κ2) is 7.04. The summed E-state index contributed by atoms with van der Waals surface area (Å²) in [6.45, 7) is -0.402. The van der Waals surface area contributed by atoms with Crippen molar-refractivity contribution in [3.63, 3.8) is 0 Å². The molecule has 112 valence electrons. The van der Waals surface area contributed by atoms with E-state index >= 15 is 0 Å². The first-order valence-corrected chi connectivity index (χ1v) is 6.66. The summed E-state index contributed by atoms with van der Waals surface area (Å²) in [4.78, 5) is 0. The zero-order chi connectivity index (χ0) is 15.2. The molecule has 5 heteroatoms. The van der Waals surface area contributed by atoms with Gasteiger partial charge in [0.15, 0.2) is 0 Å². The number of ether oxygens (including phenoxy) is 1. The van der Waals surface area contributed by atoms with Gasteiger partial charge in [0.25, 0.3) is 0 Å². The van der Waals surface area contributed by atoms with E-state index in [1.165, 1.54) is 17.7 Å². The first kappa shape index (κ1) is 15.3. The van der Waals surface area contributed by atoms with Gasteiger partial charge in [-0.25, -0.2) is 0 Å². The molecule has 3 nitrogen and oxygen atoms in total. The highest BCUT2D eigenvalue weighted by atomic mass is 19.3. The molecule has 0 radical (unpaired) electrons. The largest absolute Gasteiger partial charge is 0.435 e. The fourth-order valence-corrected chi connectivity index (χ4v) is 2.01. The van der Waals surface area contributed by atoms with Gasteiger partial charge < -0.3 is 15.8 Å². The summed E-state index contributed by atoms with van der Waals surface area (Å²) in [5.41, 5.74) is 8.84. The molecule has 0 saturated carbocycles. The van der Waals surface area contributed by atoms with Crippen molar-refractivity contribution >= 4 is 5.69 Å². The van der Waals surface area contributed by atoms with Crippen LogP contribution in [-0.4, -0.2) is 13.2 Å². The third kappa shape index (κ3) is 4.43. The van der Waals surface area contributed by atoms with Crippen LogP contribution < -0.4 is 15.8 Å². The minimum Gasteiger partial charge on any atom is -0.435 e. The van der Waals surface area contributed by atoms with Crippen molar-refractivity contribution in [1.29, 1.82) is 0 Å². The third-order valence-electron chi connectivity index (χ3n) is 3.14. The number of alkyl halides is 2. The molecule has 0 bridgehead atoms. The summed E-state index contributed by atoms with van der Waals surface area (Å²) >= 11 is 0. The summed E-state index contributed by atoms with van der Waals surface area (Å²) in [5.74, 6) is 0.139. The normalized spacial score (nSPS) is 12.2. The highest BCUT2D eigenvalue weighted by molar-refractivity contribution is 5.47. The van der Waals surface area contributed by atoms with Crippen LogP contribution in [0.5, 0.6) is 5.75 Å². The topological polar surface area (TPSA) is 47.3 Å². The lowest BCUT2D eigenvalue weighted by molar-refractivity contribution is -0.0498. The molecule has 2 rings (SSSR count). The van der Waals surface area contributed by atoms with Crippen LogP contribution in [0.2, 0.25) is 0 Å². The molecule has 0 aliphatic heterocycles. The average molecular weight is 292 g/mol. The SMILES string of the molecule is Cc1ccc(NC(CN)c2ccc(OC(F)F)cc2)cc1. The van der Waals surface area contributed by atoms with Crippen molar-refractivity contribution in [3.05, 3.63) is 59.7 Å². The predicted octanol–water partition coefficient (Wildman–Crippen LogP) is 3.71. The summed E-state index contributed by atoms with van der Waals surface area (Å²) in [5, 5.41) is 3.32. The lowest BCUT2D eigenvalue weighted by atomic mass is 10.1. The maximum absolute atomic E-state index is 12.1. The Hall–Kier alpha value is -2.14. The Morgan fingerprint density at radius 1 is 1.05 bits per heavy atom. The van der Waals surface area contributed by atoms with E-state index < -0.39 is 6.61 Å². The van der Waals surface area contributed by atoms with Gasteiger partial charge in [-0.2, -0.15) is 8.78 Å². The maximum atomic E-state index is 12.1. The van der Waals surface area contributed by atoms with E-state index in [1.54, 1.807) is 12.1 Å². The van der Waals surface area contributed by atoms with E-state index in [1.807, 2.05) is 31.2 Å². The smallest absolute Gasteiger partial charge is 0.387 e. The highest BCUT2D eigenvalue weighted by Crippen LogP contribution is 2.22. The van der Waals surface area contributed by atoms with Gasteiger partial charge in [0.2, 0.25) is 0 Å². The number of nitrogens with two attached hydrogens (primary N) is 1. The Morgan fingerprint density at radius 3 is 2.19 bits per heavy atom. The highest BCUT2D eigenvalue weighted by Gasteiger charge is 2.10. The van der Waals surface area contributed by atoms with E-state index in [-0.39, 0.29) is 11.8 Å². The first-order valence-electron chi connectivity index (χ1n) is 6.66. The number of halogens is 2. The molecule has 0 fully saturated rings. The van der Waals surface area contributed by atoms with Crippen LogP contribution in [0.1, 0.15) is 17.2 Å². The van der Waals surface area contributed by atoms with Gasteiger partial charge in [-0.1, -0.05) is 29.8 Å². The molecule has 0 saturated heterocycles. The zero-order valence-electron chi connectivity index (χ0n) is 11.7. The van der Waals surface area contributed by atoms with Crippen molar-refractivity contribution in [2.24, 2.45) is 5.73 Å². The Labute approximate surface area is 122 Å². The first-order chi connectivity index (χ1) is 10.1. The monoisotopic (exact) mass is 292 g/mol. The number of benzene rings is 2. The molecule has 0 heterocycles. The molecule has 1 unspecified atom stereocenters. The average Bonchev–Trinajstić information content (AvgIpc) is 2.47. The van der Waals surface area contributed by atoms with Gasteiger partial charge in [0.05, 0.1) is 6.04 Å². The Balaban J connectivity index is 2.08. The summed E-state index contributed by atoms with van der Waals surface area (Å²) < 4.78 is 28.6. The van der Waals surface area contributed by atoms with Gasteiger partial charge >= 0.3 is 6.61 Å². The molecule has 0 aliphatic rings. The molecule has 0 amide bonds. The van der Waals surface area contributed by atoms with Gasteiger partial charge in [0, 0.05) is 12.2 Å². The Kier molecular flexibility index (Phi) is 5.11. The van der Waals surface area contributed by atoms with Crippen LogP contribution in [-0.2, 0) is 0 Å². The Morgan fingerprint density at radius 2 is 1.67 bits per heavy atom. The molecule has 0 aliphatic carbocycles. The van der Waals surface area contributed by atoms with Crippen LogP contribution in [0.3, 0.4) is 0 Å². The van der Waals surface area contributed by atoms with Crippen LogP contribution in [0.4, 0.5) is 14.5 Å². The van der Waals surface area contributed by atoms with Gasteiger partial charge in [-0.15, -0.1) is 0 Å². The number of aryl methyl sites for hydroxylation is 1. The molecule has 21 heavy (non-hydrogen) atoms. The van der Waals surface area contributed by atoms with Crippen molar-refractivity contribution in [1.82, 2.24) is 0 Å². The van der Waals surface area contributed by atoms with Gasteiger partial charge in [0.1, 0.15) is 5.75 Å². The minimum absolute atomic E-state index is 0.0895. The van der Waals surface area contributed by atoms with Crippen LogP contribution in [0.15, 0.2) is 48.5 Å². The molecule has 2 aromatic carbocycles. The van der Waals surface area contributed by atoms with E-state index in [0.717, 1.165) is 11.3 Å². The quantitative estimate of drug-likeness (QED) is 0.853. The third-order valence-corrected chi connectivity index (χ3v) is 3.14. The van der Waals surface area contributed by atoms with E-state index in [9.17, 15) is 8.78 Å². The minimum atomic E-state index is -2.81. The second-order valence-corrected chi connectivity index (χ2v) is 4.75. The molecule has 3 N–H and O–H groups in total. The molecule has 0 aromatic heterocycles. The fraction of sp³-hybridized carbons (Fsp3) is 0.250. The summed E-state index contributed by atoms with van der Waals surface area (Å²) in [7, 11) is 0. The van der Waals surface area contributed by atoms with E-state index in [4.69, 9.17) is 5.73 Å². The molecule has 2 aromatic rings. The molecular weight excluding hydrogens is 274 g/mol. The van der Waals surface area contributed by atoms with Crippen LogP contribution >= 0.6 is 0 Å². The van der Waals surface area contributed by atoms with Crippen molar-refractivity contribution in [3.8, 4) is 5.75 Å². The van der Waals surface area contributed by atoms with Crippen LogP contribution in [0, 0.1) is 6.92 Å². The van der Waals surface area contributed by atoms with Crippen molar-refractivity contribution < 1.29 is 13.5 Å². The second-order valence-electron chi connectivity index (χ2n) is 4.75. The number of anilines is 1. The van der Waals surface area contributed by atoms with Crippen molar-refractivity contribution in [2.75, 3.05) is 11.9 Å². The van der Waals surface area contributed by atoms with Gasteiger partial charge in [-0.05, 0) is 36.8 Å². The fourth-order valence-electron chi connectivity index (χ4n) is 2.01. The summed E-state index contributed by atoms with van der Waals surface area (Å²) in [6, 6.07) is 14.4. The predicted molar refractivity (Wildman–Crippen MR) is 79.7 cm³/mol. The number of rotatable bonds is 6. The van der Waals surface area contributed by atoms with Crippen LogP contribution in [0.25, 0.3) is 0 Å². The maximum Gasteiger partial charge on any atom is 0.387 e. The van der Waals surface area contributed by atoms with E-state index in [2.05, 4.69) is 10.1 Å². The Bertz CT molecular complexity index is 555.